The molecule has 0 aromatic carbocycles. The van der Waals surface area contributed by atoms with Crippen molar-refractivity contribution in [2.45, 2.75) is 45.6 Å². The molecule has 0 aliphatic heterocycles. The minimum absolute atomic E-state index is 0.283. The average molecular weight is 208 g/mol. The maximum atomic E-state index is 8.72. The monoisotopic (exact) mass is 208 g/mol. The zero-order valence-corrected chi connectivity index (χ0v) is 9.65. The second kappa shape index (κ2) is 7.41. The van der Waals surface area contributed by atoms with Crippen molar-refractivity contribution in [3.8, 4) is 0 Å². The standard InChI is InChI=1S/C13H22NO/c1-2-3-4-9-14-10-7-13(8-11-14)6-5-12-15/h7-8,10-11,15H,2-6,9,12H2,1H3/q+1. The zero-order valence-electron chi connectivity index (χ0n) is 9.65. The lowest BCUT2D eigenvalue weighted by atomic mass is 10.1. The van der Waals surface area contributed by atoms with Gasteiger partial charge in [-0.05, 0) is 24.8 Å². The molecule has 0 radical (unpaired) electrons. The van der Waals surface area contributed by atoms with Crippen LogP contribution in [0.1, 0.15) is 38.2 Å². The summed E-state index contributed by atoms with van der Waals surface area (Å²) in [6.07, 6.45) is 9.96. The summed E-state index contributed by atoms with van der Waals surface area (Å²) in [6, 6.07) is 4.31. The highest BCUT2D eigenvalue weighted by atomic mass is 16.2. The number of hydrogen-bond donors (Lipinski definition) is 1. The van der Waals surface area contributed by atoms with Gasteiger partial charge in [0.05, 0.1) is 0 Å². The predicted molar refractivity (Wildman–Crippen MR) is 61.6 cm³/mol. The molecule has 15 heavy (non-hydrogen) atoms. The molecule has 1 aromatic heterocycles. The predicted octanol–water partition coefficient (Wildman–Crippen LogP) is 2.09. The van der Waals surface area contributed by atoms with Gasteiger partial charge in [0.25, 0.3) is 0 Å². The first-order valence-corrected chi connectivity index (χ1v) is 5.95. The lowest BCUT2D eigenvalue weighted by Crippen LogP contribution is -2.32. The fraction of sp³-hybridized carbons (Fsp3) is 0.615. The number of pyridine rings is 1. The van der Waals surface area contributed by atoms with Crippen LogP contribution < -0.4 is 4.57 Å². The van der Waals surface area contributed by atoms with Gasteiger partial charge in [0, 0.05) is 25.2 Å². The maximum absolute atomic E-state index is 8.72. The van der Waals surface area contributed by atoms with Crippen LogP contribution in [0.2, 0.25) is 0 Å². The van der Waals surface area contributed by atoms with E-state index in [4.69, 9.17) is 5.11 Å². The smallest absolute Gasteiger partial charge is 0.169 e. The molecule has 2 nitrogen and oxygen atoms in total. The zero-order chi connectivity index (χ0) is 10.9. The molecule has 0 aliphatic carbocycles. The highest BCUT2D eigenvalue weighted by Crippen LogP contribution is 2.00. The molecule has 0 unspecified atom stereocenters. The first-order valence-electron chi connectivity index (χ1n) is 5.95. The van der Waals surface area contributed by atoms with Crippen LogP contribution in [0.3, 0.4) is 0 Å². The van der Waals surface area contributed by atoms with Crippen molar-refractivity contribution in [1.82, 2.24) is 0 Å². The molecule has 84 valence electrons. The number of nitrogens with zero attached hydrogens (tertiary/aromatic N) is 1. The van der Waals surface area contributed by atoms with Gasteiger partial charge in [-0.1, -0.05) is 13.3 Å². The molecule has 1 aromatic rings. The number of hydrogen-bond acceptors (Lipinski definition) is 1. The third kappa shape index (κ3) is 4.93. The van der Waals surface area contributed by atoms with E-state index in [2.05, 4.69) is 36.0 Å². The Hall–Kier alpha value is -0.890. The molecular weight excluding hydrogens is 186 g/mol. The molecule has 0 saturated heterocycles. The first kappa shape index (κ1) is 12.2. The average Bonchev–Trinajstić information content (AvgIpc) is 2.28. The Balaban J connectivity index is 2.35. The van der Waals surface area contributed by atoms with Gasteiger partial charge in [-0.25, -0.2) is 4.57 Å². The topological polar surface area (TPSA) is 24.1 Å². The van der Waals surface area contributed by atoms with E-state index in [0.29, 0.717) is 0 Å². The molecule has 0 aliphatic rings. The van der Waals surface area contributed by atoms with E-state index >= 15 is 0 Å². The molecule has 0 saturated carbocycles. The van der Waals surface area contributed by atoms with Crippen molar-refractivity contribution in [3.63, 3.8) is 0 Å². The van der Waals surface area contributed by atoms with Gasteiger partial charge >= 0.3 is 0 Å². The van der Waals surface area contributed by atoms with Gasteiger partial charge in [0.15, 0.2) is 12.4 Å². The van der Waals surface area contributed by atoms with Gasteiger partial charge in [0.2, 0.25) is 0 Å². The molecule has 0 spiro atoms. The van der Waals surface area contributed by atoms with Crippen molar-refractivity contribution in [2.75, 3.05) is 6.61 Å². The van der Waals surface area contributed by atoms with E-state index in [1.54, 1.807) is 0 Å². The van der Waals surface area contributed by atoms with Crippen LogP contribution in [0, 0.1) is 0 Å². The van der Waals surface area contributed by atoms with E-state index in [1.807, 2.05) is 0 Å². The third-order valence-corrected chi connectivity index (χ3v) is 2.60. The fourth-order valence-corrected chi connectivity index (χ4v) is 1.63. The van der Waals surface area contributed by atoms with Gasteiger partial charge in [-0.15, -0.1) is 0 Å². The van der Waals surface area contributed by atoms with Crippen molar-refractivity contribution in [1.29, 1.82) is 0 Å². The highest BCUT2D eigenvalue weighted by molar-refractivity contribution is 5.07. The van der Waals surface area contributed by atoms with Crippen molar-refractivity contribution in [2.24, 2.45) is 0 Å². The van der Waals surface area contributed by atoms with E-state index in [9.17, 15) is 0 Å². The molecule has 0 atom stereocenters. The van der Waals surface area contributed by atoms with Crippen LogP contribution in [0.4, 0.5) is 0 Å². The van der Waals surface area contributed by atoms with E-state index in [0.717, 1.165) is 19.4 Å². The minimum atomic E-state index is 0.283. The molecule has 0 fully saturated rings. The molecule has 1 heterocycles. The third-order valence-electron chi connectivity index (χ3n) is 2.60. The fourth-order valence-electron chi connectivity index (χ4n) is 1.63. The summed E-state index contributed by atoms with van der Waals surface area (Å²) < 4.78 is 2.23. The molecule has 0 amide bonds. The van der Waals surface area contributed by atoms with Gasteiger partial charge < -0.3 is 5.11 Å². The summed E-state index contributed by atoms with van der Waals surface area (Å²) in [4.78, 5) is 0. The number of aryl methyl sites for hydroxylation is 2. The Morgan fingerprint density at radius 1 is 1.13 bits per heavy atom. The lowest BCUT2D eigenvalue weighted by molar-refractivity contribution is -0.697. The summed E-state index contributed by atoms with van der Waals surface area (Å²) in [6.45, 7) is 3.63. The molecule has 0 bridgehead atoms. The summed E-state index contributed by atoms with van der Waals surface area (Å²) in [5.41, 5.74) is 1.32. The Morgan fingerprint density at radius 3 is 2.47 bits per heavy atom. The quantitative estimate of drug-likeness (QED) is 0.538. The summed E-state index contributed by atoms with van der Waals surface area (Å²) >= 11 is 0. The van der Waals surface area contributed by atoms with Gasteiger partial charge in [-0.3, -0.25) is 0 Å². The molecule has 1 N–H and O–H groups in total. The molecule has 1 rings (SSSR count). The first-order chi connectivity index (χ1) is 7.36. The Labute approximate surface area is 92.6 Å². The Morgan fingerprint density at radius 2 is 1.87 bits per heavy atom. The molecular formula is C13H22NO+. The second-order valence-corrected chi connectivity index (χ2v) is 3.98. The van der Waals surface area contributed by atoms with Crippen molar-refractivity contribution >= 4 is 0 Å². The van der Waals surface area contributed by atoms with E-state index < -0.39 is 0 Å². The van der Waals surface area contributed by atoms with Crippen molar-refractivity contribution in [3.05, 3.63) is 30.1 Å². The summed E-state index contributed by atoms with van der Waals surface area (Å²) in [7, 11) is 0. The largest absolute Gasteiger partial charge is 0.396 e. The lowest BCUT2D eigenvalue weighted by Gasteiger charge is -1.99. The molecule has 2 heteroatoms. The number of aliphatic hydroxyl groups is 1. The van der Waals surface area contributed by atoms with Crippen LogP contribution in [0.25, 0.3) is 0 Å². The maximum Gasteiger partial charge on any atom is 0.169 e. The van der Waals surface area contributed by atoms with Crippen LogP contribution >= 0.6 is 0 Å². The summed E-state index contributed by atoms with van der Waals surface area (Å²) in [5.74, 6) is 0. The van der Waals surface area contributed by atoms with Gasteiger partial charge in [-0.2, -0.15) is 0 Å². The van der Waals surface area contributed by atoms with E-state index in [1.165, 1.54) is 24.8 Å². The van der Waals surface area contributed by atoms with Crippen LogP contribution in [0.5, 0.6) is 0 Å². The minimum Gasteiger partial charge on any atom is -0.396 e. The number of rotatable bonds is 7. The van der Waals surface area contributed by atoms with Crippen LogP contribution in [-0.2, 0) is 13.0 Å². The Bertz CT molecular complexity index is 256. The second-order valence-electron chi connectivity index (χ2n) is 3.98. The van der Waals surface area contributed by atoms with Crippen molar-refractivity contribution < 1.29 is 9.67 Å². The number of unbranched alkanes of at least 4 members (excludes halogenated alkanes) is 2. The highest BCUT2D eigenvalue weighted by Gasteiger charge is 2.00. The van der Waals surface area contributed by atoms with Crippen LogP contribution in [0.15, 0.2) is 24.5 Å². The number of aromatic nitrogens is 1. The SMILES string of the molecule is CCCCC[n+]1ccc(CCCO)cc1. The number of aliphatic hydroxyl groups excluding tert-OH is 1. The van der Waals surface area contributed by atoms with Gasteiger partial charge in [0.1, 0.15) is 6.54 Å². The van der Waals surface area contributed by atoms with E-state index in [-0.39, 0.29) is 6.61 Å². The summed E-state index contributed by atoms with van der Waals surface area (Å²) in [5, 5.41) is 8.72. The Kier molecular flexibility index (Phi) is 6.02. The van der Waals surface area contributed by atoms with Crippen LogP contribution in [-0.4, -0.2) is 11.7 Å². The normalized spacial score (nSPS) is 10.5.